The third kappa shape index (κ3) is 5.85. The van der Waals surface area contributed by atoms with Crippen LogP contribution in [0.15, 0.2) is 24.4 Å². The van der Waals surface area contributed by atoms with Crippen LogP contribution < -0.4 is 5.48 Å². The summed E-state index contributed by atoms with van der Waals surface area (Å²) in [4.78, 5) is 34.0. The average Bonchev–Trinajstić information content (AvgIpc) is 2.27. The minimum atomic E-state index is -4.29. The zero-order valence-electron chi connectivity index (χ0n) is 9.43. The molecule has 0 bridgehead atoms. The number of carbonyl (C=O) groups excluding carboxylic acids is 1. The van der Waals surface area contributed by atoms with Crippen molar-refractivity contribution in [2.24, 2.45) is 0 Å². The molecule has 0 radical (unpaired) electrons. The van der Waals surface area contributed by atoms with Crippen LogP contribution in [0.4, 0.5) is 0 Å². The summed E-state index contributed by atoms with van der Waals surface area (Å²) in [7, 11) is -4.29. The van der Waals surface area contributed by atoms with Crippen LogP contribution >= 0.6 is 7.60 Å². The van der Waals surface area contributed by atoms with Gasteiger partial charge in [-0.25, -0.2) is 5.48 Å². The molecule has 9 heteroatoms. The highest BCUT2D eigenvalue weighted by Crippen LogP contribution is 2.35. The van der Waals surface area contributed by atoms with Gasteiger partial charge in [0.25, 0.3) is 5.91 Å². The lowest BCUT2D eigenvalue weighted by Crippen LogP contribution is -2.36. The largest absolute Gasteiger partial charge is 0.339 e. The van der Waals surface area contributed by atoms with E-state index in [1.165, 1.54) is 16.6 Å². The van der Waals surface area contributed by atoms with E-state index in [9.17, 15) is 9.36 Å². The smallest absolute Gasteiger partial charge is 0.324 e. The van der Waals surface area contributed by atoms with Crippen molar-refractivity contribution < 1.29 is 24.4 Å². The zero-order chi connectivity index (χ0) is 13.6. The van der Waals surface area contributed by atoms with E-state index < -0.39 is 19.8 Å². The van der Waals surface area contributed by atoms with Gasteiger partial charge in [-0.3, -0.25) is 24.5 Å². The SMILES string of the molecule is O=C(CN(Cc1ccccn1)CP(=O)(O)O)NO. The highest BCUT2D eigenvalue weighted by Gasteiger charge is 2.21. The van der Waals surface area contributed by atoms with Crippen LogP contribution in [0.1, 0.15) is 5.69 Å². The Balaban J connectivity index is 2.71. The van der Waals surface area contributed by atoms with E-state index in [-0.39, 0.29) is 13.1 Å². The molecule has 1 amide bonds. The van der Waals surface area contributed by atoms with Gasteiger partial charge < -0.3 is 9.79 Å². The second kappa shape index (κ2) is 6.58. The lowest BCUT2D eigenvalue weighted by molar-refractivity contribution is -0.130. The van der Waals surface area contributed by atoms with E-state index in [2.05, 4.69) is 4.98 Å². The zero-order valence-corrected chi connectivity index (χ0v) is 10.3. The third-order valence-corrected chi connectivity index (χ3v) is 2.76. The summed E-state index contributed by atoms with van der Waals surface area (Å²) in [6, 6.07) is 5.10. The second-order valence-electron chi connectivity index (χ2n) is 3.65. The number of nitrogens with zero attached hydrogens (tertiary/aromatic N) is 2. The number of hydrogen-bond acceptors (Lipinski definition) is 5. The molecule has 4 N–H and O–H groups in total. The molecule has 1 aromatic heterocycles. The summed E-state index contributed by atoms with van der Waals surface area (Å²) < 4.78 is 10.9. The fourth-order valence-corrected chi connectivity index (χ4v) is 2.10. The standard InChI is InChI=1S/C9H14N3O5P/c13-9(11-14)6-12(7-18(15,16)17)5-8-3-1-2-4-10-8/h1-4,14H,5-7H2,(H,11,13)(H2,15,16,17). The van der Waals surface area contributed by atoms with E-state index in [4.69, 9.17) is 15.0 Å². The van der Waals surface area contributed by atoms with Crippen molar-refractivity contribution in [3.63, 3.8) is 0 Å². The molecule has 100 valence electrons. The van der Waals surface area contributed by atoms with Crippen molar-refractivity contribution in [2.45, 2.75) is 6.54 Å². The Hall–Kier alpha value is -1.31. The summed E-state index contributed by atoms with van der Waals surface area (Å²) in [6.45, 7) is -0.239. The van der Waals surface area contributed by atoms with Crippen LogP contribution in [-0.2, 0) is 15.9 Å². The first-order valence-electron chi connectivity index (χ1n) is 5.00. The Morgan fingerprint density at radius 2 is 2.17 bits per heavy atom. The van der Waals surface area contributed by atoms with Crippen molar-refractivity contribution in [1.82, 2.24) is 15.4 Å². The van der Waals surface area contributed by atoms with E-state index in [1.54, 1.807) is 18.2 Å². The predicted molar refractivity (Wildman–Crippen MR) is 61.5 cm³/mol. The molecule has 0 atom stereocenters. The van der Waals surface area contributed by atoms with E-state index in [0.717, 1.165) is 0 Å². The van der Waals surface area contributed by atoms with E-state index in [1.807, 2.05) is 0 Å². The molecule has 1 aromatic rings. The van der Waals surface area contributed by atoms with Gasteiger partial charge >= 0.3 is 7.60 Å². The third-order valence-electron chi connectivity index (χ3n) is 1.99. The number of rotatable bonds is 6. The van der Waals surface area contributed by atoms with Gasteiger partial charge in [-0.05, 0) is 12.1 Å². The maximum atomic E-state index is 11.0. The topological polar surface area (TPSA) is 123 Å². The van der Waals surface area contributed by atoms with Gasteiger partial charge in [-0.15, -0.1) is 0 Å². The summed E-state index contributed by atoms with van der Waals surface area (Å²) in [6.07, 6.45) is 0.952. The molecular weight excluding hydrogens is 261 g/mol. The molecule has 18 heavy (non-hydrogen) atoms. The minimum absolute atomic E-state index is 0.0966. The van der Waals surface area contributed by atoms with Crippen LogP contribution in [0.2, 0.25) is 0 Å². The fourth-order valence-electron chi connectivity index (χ4n) is 1.38. The highest BCUT2D eigenvalue weighted by molar-refractivity contribution is 7.51. The first-order chi connectivity index (χ1) is 8.40. The Labute approximate surface area is 103 Å². The normalized spacial score (nSPS) is 11.6. The molecule has 0 aliphatic carbocycles. The Bertz CT molecular complexity index is 435. The summed E-state index contributed by atoms with van der Waals surface area (Å²) in [5, 5.41) is 8.41. The van der Waals surface area contributed by atoms with Gasteiger partial charge in [-0.2, -0.15) is 0 Å². The Morgan fingerprint density at radius 3 is 2.67 bits per heavy atom. The lowest BCUT2D eigenvalue weighted by atomic mass is 10.3. The van der Waals surface area contributed by atoms with Crippen LogP contribution in [-0.4, -0.2) is 43.6 Å². The van der Waals surface area contributed by atoms with Gasteiger partial charge in [0.15, 0.2) is 0 Å². The van der Waals surface area contributed by atoms with E-state index >= 15 is 0 Å². The summed E-state index contributed by atoms with van der Waals surface area (Å²) in [5.41, 5.74) is 1.98. The number of pyridine rings is 1. The summed E-state index contributed by atoms with van der Waals surface area (Å²) >= 11 is 0. The molecule has 0 aliphatic heterocycles. The van der Waals surface area contributed by atoms with Gasteiger partial charge in [0.2, 0.25) is 0 Å². The average molecular weight is 275 g/mol. The fraction of sp³-hybridized carbons (Fsp3) is 0.333. The molecule has 0 spiro atoms. The predicted octanol–water partition coefficient (Wildman–Crippen LogP) is -0.476. The van der Waals surface area contributed by atoms with Crippen molar-refractivity contribution in [2.75, 3.05) is 12.8 Å². The second-order valence-corrected chi connectivity index (χ2v) is 5.26. The minimum Gasteiger partial charge on any atom is -0.324 e. The molecule has 0 saturated carbocycles. The van der Waals surface area contributed by atoms with Crippen molar-refractivity contribution in [1.29, 1.82) is 0 Å². The Morgan fingerprint density at radius 1 is 1.44 bits per heavy atom. The number of carbonyl (C=O) groups is 1. The molecule has 8 nitrogen and oxygen atoms in total. The maximum Gasteiger partial charge on any atom is 0.339 e. The number of hydrogen-bond donors (Lipinski definition) is 4. The molecule has 1 heterocycles. The molecule has 0 unspecified atom stereocenters. The lowest BCUT2D eigenvalue weighted by Gasteiger charge is -2.20. The van der Waals surface area contributed by atoms with Crippen molar-refractivity contribution in [3.8, 4) is 0 Å². The van der Waals surface area contributed by atoms with Crippen LogP contribution in [0.3, 0.4) is 0 Å². The quantitative estimate of drug-likeness (QED) is 0.314. The van der Waals surface area contributed by atoms with Gasteiger partial charge in [0.05, 0.1) is 12.2 Å². The molecule has 1 rings (SSSR count). The van der Waals surface area contributed by atoms with Gasteiger partial charge in [0.1, 0.15) is 6.29 Å². The Kier molecular flexibility index (Phi) is 5.39. The van der Waals surface area contributed by atoms with Crippen LogP contribution in [0, 0.1) is 0 Å². The molecule has 0 fully saturated rings. The van der Waals surface area contributed by atoms with Crippen LogP contribution in [0.5, 0.6) is 0 Å². The molecule has 0 aromatic carbocycles. The van der Waals surface area contributed by atoms with Crippen molar-refractivity contribution in [3.05, 3.63) is 30.1 Å². The first-order valence-corrected chi connectivity index (χ1v) is 6.80. The maximum absolute atomic E-state index is 11.0. The number of hydroxylamine groups is 1. The number of aromatic nitrogens is 1. The number of amides is 1. The van der Waals surface area contributed by atoms with E-state index in [0.29, 0.717) is 5.69 Å². The highest BCUT2D eigenvalue weighted by atomic mass is 31.2. The van der Waals surface area contributed by atoms with Gasteiger partial charge in [-0.1, -0.05) is 6.07 Å². The molecule has 0 saturated heterocycles. The first kappa shape index (κ1) is 14.7. The monoisotopic (exact) mass is 275 g/mol. The van der Waals surface area contributed by atoms with Gasteiger partial charge in [0, 0.05) is 12.7 Å². The molecular formula is C9H14N3O5P. The number of nitrogens with one attached hydrogen (secondary N) is 1. The summed E-state index contributed by atoms with van der Waals surface area (Å²) in [5.74, 6) is -0.751. The van der Waals surface area contributed by atoms with Crippen LogP contribution in [0.25, 0.3) is 0 Å². The van der Waals surface area contributed by atoms with Crippen molar-refractivity contribution >= 4 is 13.5 Å². The molecule has 0 aliphatic rings.